The van der Waals surface area contributed by atoms with Crippen LogP contribution in [0, 0.1) is 26.0 Å². The number of carboxylic acids is 2. The van der Waals surface area contributed by atoms with Crippen molar-refractivity contribution in [2.45, 2.75) is 151 Å². The number of carbonyl (C=O) groups excluding carboxylic acids is 3. The van der Waals surface area contributed by atoms with Crippen LogP contribution in [0.1, 0.15) is 178 Å². The molecule has 15 rings (SSSR count). The van der Waals surface area contributed by atoms with Crippen molar-refractivity contribution in [1.29, 1.82) is 0 Å². The molecule has 22 heteroatoms. The fourth-order valence-electron chi connectivity index (χ4n) is 15.8. The molecule has 21 nitrogen and oxygen atoms in total. The number of halogens is 1. The van der Waals surface area contributed by atoms with Crippen molar-refractivity contribution in [2.24, 2.45) is 0 Å². The van der Waals surface area contributed by atoms with E-state index < -0.39 is 21.8 Å². The van der Waals surface area contributed by atoms with Crippen LogP contribution >= 0.6 is 0 Å². The second-order valence-corrected chi connectivity index (χ2v) is 36.8. The number of carboxylic acid groups (broad SMARTS) is 2. The van der Waals surface area contributed by atoms with Gasteiger partial charge in [0.1, 0.15) is 11.6 Å². The molecule has 15 aromatic rings. The van der Waals surface area contributed by atoms with Gasteiger partial charge >= 0.3 is 23.9 Å². The Morgan fingerprint density at radius 2 is 0.451 bits per heavy atom. The zero-order valence-corrected chi connectivity index (χ0v) is 81.5. The molecule has 0 aliphatic heterocycles. The molecule has 0 unspecified atom stereocenters. The average Bonchev–Trinajstić information content (AvgIpc) is 0.826. The van der Waals surface area contributed by atoms with E-state index in [1.54, 1.807) is 84.9 Å². The predicted octanol–water partition coefficient (Wildman–Crippen LogP) is 25.5. The van der Waals surface area contributed by atoms with Crippen molar-refractivity contribution in [2.75, 3.05) is 14.2 Å². The van der Waals surface area contributed by atoms with Gasteiger partial charge in [-0.2, -0.15) is 0 Å². The minimum absolute atomic E-state index is 0.0636. The number of ether oxygens (including phenoxy) is 3. The lowest BCUT2D eigenvalue weighted by atomic mass is 9.86. The van der Waals surface area contributed by atoms with E-state index in [-0.39, 0.29) is 51.1 Å². The minimum Gasteiger partial charge on any atom is -0.478 e. The molecule has 0 aliphatic carbocycles. The molecule has 0 aliphatic rings. The number of hydrogen-bond donors (Lipinski definition) is 2. The number of non-ortho nitro benzene ring substituents is 2. The maximum absolute atomic E-state index is 13.2. The zero-order valence-electron chi connectivity index (χ0n) is 81.5. The summed E-state index contributed by atoms with van der Waals surface area (Å²) in [7, 11) is 2.76. The lowest BCUT2D eigenvalue weighted by Crippen LogP contribution is -2.22. The summed E-state index contributed by atoms with van der Waals surface area (Å²) in [5.74, 6) is -2.26. The number of methoxy groups -OCH3 is 2. The molecule has 15 aromatic carbocycles. The molecule has 0 fully saturated rings. The monoisotopic (exact) mass is 1900 g/mol. The molecule has 0 bridgehead atoms. The number of hydrogen-bond acceptors (Lipinski definition) is 17. The van der Waals surface area contributed by atoms with Crippen LogP contribution in [0.3, 0.4) is 0 Å². The van der Waals surface area contributed by atoms with Gasteiger partial charge in [-0.25, -0.2) is 23.6 Å². The Morgan fingerprint density at radius 3 is 0.634 bits per heavy atom. The van der Waals surface area contributed by atoms with Crippen LogP contribution in [0.4, 0.5) is 15.8 Å². The molecule has 0 radical (unpaired) electrons. The molecular formula is C120H122FN7O14. The zero-order chi connectivity index (χ0) is 101. The van der Waals surface area contributed by atoms with Crippen LogP contribution in [-0.2, 0) is 123 Å². The summed E-state index contributed by atoms with van der Waals surface area (Å²) in [6.45, 7) is 25.2. The van der Waals surface area contributed by atoms with Crippen LogP contribution in [0.15, 0.2) is 394 Å². The second kappa shape index (κ2) is 54.5. The minimum atomic E-state index is -0.939. The first-order chi connectivity index (χ1) is 68.4. The number of nitrogens with zero attached hydrogens (tertiary/aromatic N) is 7. The van der Waals surface area contributed by atoms with Crippen molar-refractivity contribution in [3.05, 3.63) is 537 Å². The van der Waals surface area contributed by atoms with E-state index in [2.05, 4.69) is 181 Å². The topological polar surface area (TPSA) is 256 Å². The van der Waals surface area contributed by atoms with E-state index in [9.17, 15) is 48.6 Å². The van der Waals surface area contributed by atoms with Crippen LogP contribution in [-0.4, -0.2) is 89.1 Å². The first kappa shape index (κ1) is 107. The Morgan fingerprint density at radius 1 is 0.275 bits per heavy atom. The van der Waals surface area contributed by atoms with Gasteiger partial charge in [0.2, 0.25) is 0 Å². The van der Waals surface area contributed by atoms with Crippen LogP contribution in [0.25, 0.3) is 0 Å². The highest BCUT2D eigenvalue weighted by atomic mass is 19.1. The maximum atomic E-state index is 13.2. The molecule has 0 atom stereocenters. The smallest absolute Gasteiger partial charge is 0.337 e. The highest BCUT2D eigenvalue weighted by Gasteiger charge is 2.21. The van der Waals surface area contributed by atoms with Gasteiger partial charge in [0, 0.05) is 122 Å². The largest absolute Gasteiger partial charge is 0.478 e. The highest BCUT2D eigenvalue weighted by molar-refractivity contribution is 5.90. The first-order valence-corrected chi connectivity index (χ1v) is 46.8. The van der Waals surface area contributed by atoms with E-state index >= 15 is 0 Å². The Hall–Kier alpha value is -15.8. The summed E-state index contributed by atoms with van der Waals surface area (Å²) in [6, 6.07) is 125. The number of aromatic carboxylic acids is 2. The third kappa shape index (κ3) is 36.5. The number of esters is 2. The lowest BCUT2D eigenvalue weighted by Gasteiger charge is -2.25. The molecule has 0 aromatic heterocycles. The summed E-state index contributed by atoms with van der Waals surface area (Å²) in [4.78, 5) is 88.2. The number of rotatable bonds is 38. The maximum Gasteiger partial charge on any atom is 0.337 e. The van der Waals surface area contributed by atoms with E-state index in [1.807, 2.05) is 158 Å². The molecule has 0 spiro atoms. The van der Waals surface area contributed by atoms with Crippen molar-refractivity contribution < 1.29 is 62.6 Å². The molecule has 0 saturated heterocycles. The Labute approximate surface area is 831 Å². The summed E-state index contributed by atoms with van der Waals surface area (Å²) < 4.78 is 27.5. The average molecular weight is 1910 g/mol. The van der Waals surface area contributed by atoms with E-state index in [0.29, 0.717) is 62.6 Å². The predicted molar refractivity (Wildman–Crippen MR) is 555 cm³/mol. The molecule has 728 valence electrons. The highest BCUT2D eigenvalue weighted by Crippen LogP contribution is 2.29. The van der Waals surface area contributed by atoms with Gasteiger partial charge < -0.3 is 24.4 Å². The van der Waals surface area contributed by atoms with E-state index in [0.717, 1.165) is 109 Å². The van der Waals surface area contributed by atoms with E-state index in [4.69, 9.17) is 24.4 Å². The van der Waals surface area contributed by atoms with Gasteiger partial charge in [0.25, 0.3) is 17.8 Å². The third-order valence-corrected chi connectivity index (χ3v) is 23.4. The molecule has 2 N–H and O–H groups in total. The van der Waals surface area contributed by atoms with Gasteiger partial charge in [0.05, 0.1) is 46.3 Å². The van der Waals surface area contributed by atoms with Crippen LogP contribution in [0.5, 0.6) is 5.75 Å². The Balaban J connectivity index is 0.000000170. The normalized spacial score (nSPS) is 11.1. The third-order valence-electron chi connectivity index (χ3n) is 23.4. The Kier molecular flexibility index (Phi) is 40.9. The number of carbonyl (C=O) groups is 5. The van der Waals surface area contributed by atoms with Crippen molar-refractivity contribution in [3.63, 3.8) is 0 Å². The molecule has 0 amide bonds. The summed E-state index contributed by atoms with van der Waals surface area (Å²) in [6.07, 6.45) is 0. The fraction of sp³-hybridized carbons (Fsp3) is 0.208. The number of nitro groups is 2. The van der Waals surface area contributed by atoms with Crippen molar-refractivity contribution >= 4 is 41.7 Å². The van der Waals surface area contributed by atoms with Crippen LogP contribution in [0.2, 0.25) is 0 Å². The molecule has 0 heterocycles. The molecule has 142 heavy (non-hydrogen) atoms. The molecule has 0 saturated carbocycles. The quantitative estimate of drug-likeness (QED) is 0.0158. The second-order valence-electron chi connectivity index (χ2n) is 36.8. The van der Waals surface area contributed by atoms with Crippen LogP contribution < -0.4 is 4.74 Å². The van der Waals surface area contributed by atoms with Crippen molar-refractivity contribution in [3.8, 4) is 5.75 Å². The lowest BCUT2D eigenvalue weighted by molar-refractivity contribution is -0.385. The standard InChI is InChI=1S/C29H37N.C25H25NO4.C23H21NO4.C22H20FNO2.C21H19N3O4/c1-28(2,3)26-16-12-24(13-17-26)21-30(20-23-10-8-7-9-11-23)22-25-14-18-27(19-15-25)29(4,5)6;1-29-24(27)22-12-8-20(9-13-22)17-26(16-19-6-4-3-5-7-19)18-21-10-14-23(15-11-21)25(28)30-2;25-22(26)20-10-6-18(7-11-20)15-24(14-17-4-2-1-3-5-17)16-19-8-12-21(13-9-19)23(27)28;23-21-10-6-19(7-11-21)15-24(14-18-4-2-1-3-5-18)16-20-8-12-22(13-9-20)26-17-25;25-23(26)20-10-6-18(7-11-20)15-22(14-17-4-2-1-3-5-17)16-19-8-12-21(13-9-19)24(27)28/h7-19H,20-22H2,1-6H3;3-15H,16-18H2,1-2H3;1-13H,14-16H2,(H,25,26)(H,27,28);1-13,17H,14-16H2;1-13H,14-16H2. The molecular weight excluding hydrogens is 1780 g/mol. The summed E-state index contributed by atoms with van der Waals surface area (Å²) in [5.41, 5.74) is 22.1. The first-order valence-electron chi connectivity index (χ1n) is 46.8. The number of nitro benzene ring substituents is 2. The SMILES string of the molecule is CC(C)(C)c1ccc(CN(Cc2ccccc2)Cc2ccc(C(C)(C)C)cc2)cc1.COC(=O)c1ccc(CN(Cc2ccccc2)Cc2ccc(C(=O)OC)cc2)cc1.O=C(O)c1ccc(CN(Cc2ccccc2)Cc2ccc(C(=O)O)cc2)cc1.O=COc1ccc(CN(Cc2ccccc2)Cc2ccc(F)cc2)cc1.O=[N+]([O-])c1ccc(CN(Cc2ccccc2)Cc2ccc([N+](=O)[O-])cc2)cc1. The van der Waals surface area contributed by atoms with Gasteiger partial charge in [-0.15, -0.1) is 0 Å². The Bertz CT molecular complexity index is 6010. The fourth-order valence-corrected chi connectivity index (χ4v) is 15.8. The van der Waals surface area contributed by atoms with Crippen molar-refractivity contribution in [1.82, 2.24) is 24.5 Å². The van der Waals surface area contributed by atoms with Gasteiger partial charge in [-0.1, -0.05) is 339 Å². The van der Waals surface area contributed by atoms with Gasteiger partial charge in [0.15, 0.2) is 0 Å². The van der Waals surface area contributed by atoms with Gasteiger partial charge in [-0.05, 0) is 178 Å². The summed E-state index contributed by atoms with van der Waals surface area (Å²) >= 11 is 0. The number of benzene rings is 15. The van der Waals surface area contributed by atoms with Gasteiger partial charge in [-0.3, -0.25) is 49.5 Å². The van der Waals surface area contributed by atoms with E-state index in [1.165, 1.54) is 95.1 Å². The summed E-state index contributed by atoms with van der Waals surface area (Å²) in [5, 5.41) is 39.8.